The number of thioether (sulfide) groups is 1. The third kappa shape index (κ3) is 15.0. The van der Waals surface area contributed by atoms with Crippen molar-refractivity contribution >= 4 is 102 Å². The molecule has 4 N–H and O–H groups in total. The molecule has 6 aromatic heterocycles. The number of hydrogen-bond acceptors (Lipinski definition) is 26. The number of rotatable bonds is 12. The summed E-state index contributed by atoms with van der Waals surface area (Å²) in [6, 6.07) is 13.9. The van der Waals surface area contributed by atoms with Crippen molar-refractivity contribution in [3.05, 3.63) is 145 Å². The minimum Gasteiger partial charge on any atom is -0.338 e. The Morgan fingerprint density at radius 1 is 0.531 bits per heavy atom. The van der Waals surface area contributed by atoms with Crippen molar-refractivity contribution in [1.29, 1.82) is 0 Å². The van der Waals surface area contributed by atoms with Gasteiger partial charge in [0.2, 0.25) is 5.95 Å². The molecule has 8 heterocycles. The van der Waals surface area contributed by atoms with Gasteiger partial charge in [0.1, 0.15) is 57.9 Å². The average molecular weight is 1120 g/mol. The summed E-state index contributed by atoms with van der Waals surface area (Å²) in [5, 5.41) is 46.3. The lowest BCUT2D eigenvalue weighted by atomic mass is 10.2. The van der Waals surface area contributed by atoms with Crippen molar-refractivity contribution in [3.63, 3.8) is 0 Å². The van der Waals surface area contributed by atoms with Crippen LogP contribution in [0.3, 0.4) is 0 Å². The first kappa shape index (κ1) is 57.7. The number of nitro benzene ring substituents is 3. The summed E-state index contributed by atoms with van der Waals surface area (Å²) in [5.74, 6) is 2.79. The molecule has 2 saturated heterocycles. The number of hydrogen-bond donors (Lipinski definition) is 4. The van der Waals surface area contributed by atoms with Crippen LogP contribution in [0, 0.1) is 51.1 Å². The van der Waals surface area contributed by atoms with Gasteiger partial charge in [0.25, 0.3) is 17.1 Å². The molecule has 2 aliphatic heterocycles. The number of likely N-dealkylation sites (N-methyl/N-ethyl adjacent to an activating group) is 2. The molecule has 418 valence electrons. The molecule has 11 rings (SSSR count). The second-order valence-electron chi connectivity index (χ2n) is 18.5. The number of nitro groups is 3. The van der Waals surface area contributed by atoms with E-state index in [1.807, 2.05) is 34.0 Å². The molecule has 0 amide bonds. The molecule has 0 unspecified atom stereocenters. The fourth-order valence-corrected chi connectivity index (χ4v) is 8.35. The van der Waals surface area contributed by atoms with Crippen LogP contribution >= 0.6 is 11.8 Å². The summed E-state index contributed by atoms with van der Waals surface area (Å²) in [6.45, 7) is 15.9. The fourth-order valence-electron chi connectivity index (χ4n) is 8.01. The number of nitrogens with zero attached hydrogens (tertiary/aromatic N) is 18. The van der Waals surface area contributed by atoms with Crippen molar-refractivity contribution < 1.29 is 14.8 Å². The molecule has 9 aromatic rings. The molecule has 28 nitrogen and oxygen atoms in total. The van der Waals surface area contributed by atoms with Crippen LogP contribution in [0.5, 0.6) is 0 Å². The first-order valence-corrected chi connectivity index (χ1v) is 26.6. The fraction of sp³-hybridized carbons (Fsp3) is 0.308. The molecule has 0 atom stereocenters. The Morgan fingerprint density at radius 2 is 0.938 bits per heavy atom. The molecule has 0 saturated carbocycles. The van der Waals surface area contributed by atoms with Gasteiger partial charge in [-0.15, -0.1) is 0 Å². The maximum absolute atomic E-state index is 11.1. The number of piperazine rings is 2. The summed E-state index contributed by atoms with van der Waals surface area (Å²) in [5.41, 5.74) is 8.01. The van der Waals surface area contributed by atoms with Crippen LogP contribution in [-0.4, -0.2) is 157 Å². The van der Waals surface area contributed by atoms with E-state index in [0.29, 0.717) is 91.0 Å². The highest BCUT2D eigenvalue weighted by atomic mass is 32.2. The van der Waals surface area contributed by atoms with Crippen LogP contribution in [0.1, 0.15) is 29.4 Å². The average Bonchev–Trinajstić information content (AvgIpc) is 3.47. The number of aromatic nitrogens is 12. The predicted octanol–water partition coefficient (Wildman–Crippen LogP) is 7.70. The minimum atomic E-state index is -0.434. The van der Waals surface area contributed by atoms with E-state index in [0.717, 1.165) is 56.0 Å². The van der Waals surface area contributed by atoms with Crippen LogP contribution in [0.15, 0.2) is 97.3 Å². The molecule has 0 aliphatic carbocycles. The summed E-state index contributed by atoms with van der Waals surface area (Å²) in [6.07, 6.45) is 11.8. The van der Waals surface area contributed by atoms with Crippen LogP contribution in [0.25, 0.3) is 33.1 Å². The summed E-state index contributed by atoms with van der Waals surface area (Å²) in [4.78, 5) is 90.0. The molecule has 0 bridgehead atoms. The van der Waals surface area contributed by atoms with Crippen LogP contribution < -0.4 is 26.2 Å². The summed E-state index contributed by atoms with van der Waals surface area (Å²) >= 11 is 1.41. The topological polar surface area (TPSA) is 342 Å². The predicted molar refractivity (Wildman–Crippen MR) is 310 cm³/mol. The van der Waals surface area contributed by atoms with Crippen molar-refractivity contribution in [2.45, 2.75) is 39.3 Å². The van der Waals surface area contributed by atoms with Gasteiger partial charge < -0.3 is 36.0 Å². The van der Waals surface area contributed by atoms with E-state index in [1.54, 1.807) is 36.8 Å². The molecule has 29 heteroatoms. The van der Waals surface area contributed by atoms with Gasteiger partial charge in [-0.1, -0.05) is 36.9 Å². The zero-order valence-electron chi connectivity index (χ0n) is 45.4. The lowest BCUT2D eigenvalue weighted by molar-refractivity contribution is -0.385. The molecule has 0 radical (unpaired) electrons. The summed E-state index contributed by atoms with van der Waals surface area (Å²) in [7, 11) is 4.25. The van der Waals surface area contributed by atoms with Gasteiger partial charge in [-0.3, -0.25) is 30.3 Å². The first-order chi connectivity index (χ1) is 39.1. The zero-order valence-corrected chi connectivity index (χ0v) is 46.2. The Morgan fingerprint density at radius 3 is 1.35 bits per heavy atom. The lowest BCUT2D eigenvalue weighted by Crippen LogP contribution is -2.45. The lowest BCUT2D eigenvalue weighted by Gasteiger charge is -2.32. The smallest absolute Gasteiger partial charge is 0.271 e. The number of anilines is 7. The normalized spacial score (nSPS) is 13.4. The molecule has 2 aliphatic rings. The highest BCUT2D eigenvalue weighted by Crippen LogP contribution is 2.31. The van der Waals surface area contributed by atoms with Gasteiger partial charge in [0, 0.05) is 112 Å². The van der Waals surface area contributed by atoms with Gasteiger partial charge >= 0.3 is 0 Å². The standard InChI is InChI=1S/C18H20N8O2.C15H14N6O2.C14H12N6O2S.C5H12N2/c1-12-3-4-13(26(27)28)9-14(12)22-17-16-15(20-11-21-17)10-19-18(23-16)25-7-5-24(2)6-8-25;1-3-13-16-7-12-14(20-13)15(18-8-17-12)19-11-6-10(21(22)23)5-4-9(11)2;1-8-3-4-9(20(21)22)5-10(8)18-13-12-11(16-7-17-13)6-15-14(19-12)23-2;1-7-4-2-6-3-5-7/h3-4,9-11H,5-8H2,1-2H3,(H,20,21,22);4-8H,3H2,1-2H3,(H,17,18,19);3-7H,1-2H3,(H,16,17,18);6H,2-5H2,1H3. The second-order valence-corrected chi connectivity index (χ2v) is 19.3. The van der Waals surface area contributed by atoms with E-state index in [-0.39, 0.29) is 17.1 Å². The Hall–Kier alpha value is -9.45. The highest BCUT2D eigenvalue weighted by molar-refractivity contribution is 7.98. The van der Waals surface area contributed by atoms with Crippen LogP contribution in [0.2, 0.25) is 0 Å². The van der Waals surface area contributed by atoms with E-state index in [9.17, 15) is 30.3 Å². The van der Waals surface area contributed by atoms with E-state index < -0.39 is 14.8 Å². The monoisotopic (exact) mass is 1120 g/mol. The van der Waals surface area contributed by atoms with Crippen molar-refractivity contribution in [3.8, 4) is 0 Å². The number of non-ortho nitro benzene ring substituents is 3. The van der Waals surface area contributed by atoms with Crippen LogP contribution in [-0.2, 0) is 6.42 Å². The van der Waals surface area contributed by atoms with Crippen LogP contribution in [0.4, 0.5) is 57.5 Å². The van der Waals surface area contributed by atoms with Gasteiger partial charge in [-0.2, -0.15) is 0 Å². The van der Waals surface area contributed by atoms with Gasteiger partial charge in [-0.25, -0.2) is 59.8 Å². The molecule has 81 heavy (non-hydrogen) atoms. The van der Waals surface area contributed by atoms with E-state index in [4.69, 9.17) is 0 Å². The maximum Gasteiger partial charge on any atom is 0.271 e. The number of fused-ring (bicyclic) bond motifs is 3. The third-order valence-corrected chi connectivity index (χ3v) is 13.4. The maximum atomic E-state index is 11.1. The van der Waals surface area contributed by atoms with Gasteiger partial charge in [-0.05, 0) is 57.8 Å². The highest BCUT2D eigenvalue weighted by Gasteiger charge is 2.20. The quantitative estimate of drug-likeness (QED) is 0.0394. The Bertz CT molecular complexity index is 3570. The molecular weight excluding hydrogens is 1060 g/mol. The third-order valence-electron chi connectivity index (χ3n) is 12.8. The number of aryl methyl sites for hydroxylation is 4. The Balaban J connectivity index is 0.000000151. The van der Waals surface area contributed by atoms with Crippen molar-refractivity contribution in [2.24, 2.45) is 0 Å². The zero-order chi connectivity index (χ0) is 57.6. The molecule has 3 aromatic carbocycles. The number of nitrogens with one attached hydrogen (secondary N) is 4. The largest absolute Gasteiger partial charge is 0.338 e. The molecular formula is C52H58N22O6S. The van der Waals surface area contributed by atoms with Gasteiger partial charge in [0.05, 0.1) is 33.4 Å². The SMILES string of the molecule is CCc1ncc2ncnc(Nc3cc([N+](=O)[O-])ccc3C)c2n1.CN1CCNCC1.CSc1ncc2ncnc(Nc3cc([N+](=O)[O-])ccc3C)c2n1.Cc1ccc([N+](=O)[O-])cc1Nc1ncnc2cnc(N3CCN(C)CC3)nc12. The molecule has 0 spiro atoms. The van der Waals surface area contributed by atoms with E-state index in [1.165, 1.54) is 80.2 Å². The Kier molecular flexibility index (Phi) is 19.2. The van der Waals surface area contributed by atoms with Crippen molar-refractivity contribution in [1.82, 2.24) is 74.9 Å². The van der Waals surface area contributed by atoms with E-state index in [2.05, 4.69) is 110 Å². The minimum absolute atomic E-state index is 0.0101. The summed E-state index contributed by atoms with van der Waals surface area (Å²) < 4.78 is 0. The molecule has 2 fully saturated rings. The second kappa shape index (κ2) is 26.9. The number of benzene rings is 3. The Labute approximate surface area is 468 Å². The van der Waals surface area contributed by atoms with E-state index >= 15 is 0 Å². The van der Waals surface area contributed by atoms with Crippen molar-refractivity contribution in [2.75, 3.05) is 93.6 Å². The van der Waals surface area contributed by atoms with Gasteiger partial charge in [0.15, 0.2) is 22.6 Å². The first-order valence-electron chi connectivity index (χ1n) is 25.4.